The fourth-order valence-corrected chi connectivity index (χ4v) is 0.381. The van der Waals surface area contributed by atoms with Crippen molar-refractivity contribution in [3.8, 4) is 0 Å². The standard InChI is InChI=1S/C6H13N.C2H6/c1-3-4-5-6(2)7;1-2/h3,6H,1,4-5,7H2,2H3;1-2H3. The van der Waals surface area contributed by atoms with Crippen molar-refractivity contribution in [2.45, 2.75) is 39.7 Å². The van der Waals surface area contributed by atoms with Crippen molar-refractivity contribution in [2.24, 2.45) is 5.73 Å². The number of hydrogen-bond donors (Lipinski definition) is 1. The topological polar surface area (TPSA) is 26.0 Å². The number of nitrogens with two attached hydrogens (primary N) is 1. The fourth-order valence-electron chi connectivity index (χ4n) is 0.381. The summed E-state index contributed by atoms with van der Waals surface area (Å²) in [5.41, 5.74) is 5.43. The van der Waals surface area contributed by atoms with Gasteiger partial charge in [-0.2, -0.15) is 0 Å². The van der Waals surface area contributed by atoms with E-state index >= 15 is 0 Å². The van der Waals surface area contributed by atoms with Gasteiger partial charge in [0.15, 0.2) is 0 Å². The molecule has 0 rings (SSSR count). The maximum atomic E-state index is 5.43. The van der Waals surface area contributed by atoms with Crippen LogP contribution in [0.1, 0.15) is 33.6 Å². The molecule has 0 aliphatic rings. The van der Waals surface area contributed by atoms with E-state index in [4.69, 9.17) is 5.73 Å². The second kappa shape index (κ2) is 10.6. The SMILES string of the molecule is C=CCCC(C)N.CC. The second-order valence-electron chi connectivity index (χ2n) is 1.84. The number of hydrogen-bond acceptors (Lipinski definition) is 1. The Hall–Kier alpha value is -0.300. The van der Waals surface area contributed by atoms with Crippen LogP contribution >= 0.6 is 0 Å². The molecule has 0 saturated heterocycles. The molecule has 9 heavy (non-hydrogen) atoms. The van der Waals surface area contributed by atoms with E-state index in [1.165, 1.54) is 0 Å². The van der Waals surface area contributed by atoms with Gasteiger partial charge in [0.2, 0.25) is 0 Å². The van der Waals surface area contributed by atoms with E-state index in [1.807, 2.05) is 26.8 Å². The molecule has 0 aromatic heterocycles. The van der Waals surface area contributed by atoms with Crippen LogP contribution in [-0.2, 0) is 0 Å². The van der Waals surface area contributed by atoms with Gasteiger partial charge in [0, 0.05) is 6.04 Å². The molecule has 1 unspecified atom stereocenters. The first kappa shape index (κ1) is 11.5. The third-order valence-electron chi connectivity index (χ3n) is 0.826. The van der Waals surface area contributed by atoms with Crippen LogP contribution in [0.15, 0.2) is 12.7 Å². The highest BCUT2D eigenvalue weighted by molar-refractivity contribution is 4.68. The van der Waals surface area contributed by atoms with E-state index in [1.54, 1.807) is 0 Å². The Labute approximate surface area is 58.9 Å². The fraction of sp³-hybridized carbons (Fsp3) is 0.750. The van der Waals surface area contributed by atoms with Crippen LogP contribution in [0.3, 0.4) is 0 Å². The van der Waals surface area contributed by atoms with Crippen LogP contribution in [0, 0.1) is 0 Å². The Morgan fingerprint density at radius 3 is 2.11 bits per heavy atom. The first-order valence-corrected chi connectivity index (χ1v) is 3.64. The molecule has 1 nitrogen and oxygen atoms in total. The summed E-state index contributed by atoms with van der Waals surface area (Å²) in [5.74, 6) is 0. The summed E-state index contributed by atoms with van der Waals surface area (Å²) in [4.78, 5) is 0. The quantitative estimate of drug-likeness (QED) is 0.581. The van der Waals surface area contributed by atoms with E-state index in [0.29, 0.717) is 6.04 Å². The van der Waals surface area contributed by atoms with Gasteiger partial charge in [-0.1, -0.05) is 19.9 Å². The number of allylic oxidation sites excluding steroid dienone is 1. The Morgan fingerprint density at radius 2 is 2.00 bits per heavy atom. The van der Waals surface area contributed by atoms with Gasteiger partial charge in [-0.3, -0.25) is 0 Å². The van der Waals surface area contributed by atoms with Gasteiger partial charge in [-0.05, 0) is 19.8 Å². The molecule has 0 amide bonds. The van der Waals surface area contributed by atoms with Crippen molar-refractivity contribution in [3.05, 3.63) is 12.7 Å². The zero-order chi connectivity index (χ0) is 7.70. The minimum Gasteiger partial charge on any atom is -0.328 e. The van der Waals surface area contributed by atoms with Crippen LogP contribution in [-0.4, -0.2) is 6.04 Å². The molecule has 0 aromatic carbocycles. The molecule has 0 saturated carbocycles. The summed E-state index contributed by atoms with van der Waals surface area (Å²) in [6.45, 7) is 9.58. The van der Waals surface area contributed by atoms with Gasteiger partial charge in [0.1, 0.15) is 0 Å². The highest BCUT2D eigenvalue weighted by Crippen LogP contribution is 1.91. The molecule has 0 aromatic rings. The lowest BCUT2D eigenvalue weighted by Crippen LogP contribution is -2.13. The molecule has 0 radical (unpaired) electrons. The minimum absolute atomic E-state index is 0.331. The summed E-state index contributed by atoms with van der Waals surface area (Å²) < 4.78 is 0. The van der Waals surface area contributed by atoms with Crippen molar-refractivity contribution >= 4 is 0 Å². The minimum atomic E-state index is 0.331. The largest absolute Gasteiger partial charge is 0.328 e. The van der Waals surface area contributed by atoms with Crippen LogP contribution < -0.4 is 5.73 Å². The van der Waals surface area contributed by atoms with E-state index in [9.17, 15) is 0 Å². The van der Waals surface area contributed by atoms with E-state index in [0.717, 1.165) is 12.8 Å². The average molecular weight is 129 g/mol. The normalized spacial score (nSPS) is 11.1. The lowest BCUT2D eigenvalue weighted by molar-refractivity contribution is 0.676. The molecule has 0 aliphatic heterocycles. The maximum absolute atomic E-state index is 5.43. The monoisotopic (exact) mass is 129 g/mol. The Bertz CT molecular complexity index is 48.5. The lowest BCUT2D eigenvalue weighted by Gasteiger charge is -1.97. The van der Waals surface area contributed by atoms with Crippen LogP contribution in [0.5, 0.6) is 0 Å². The highest BCUT2D eigenvalue weighted by atomic mass is 14.6. The maximum Gasteiger partial charge on any atom is 0.00134 e. The van der Waals surface area contributed by atoms with Gasteiger partial charge in [-0.15, -0.1) is 6.58 Å². The van der Waals surface area contributed by atoms with E-state index in [-0.39, 0.29) is 0 Å². The molecular weight excluding hydrogens is 110 g/mol. The molecule has 0 fully saturated rings. The predicted molar refractivity (Wildman–Crippen MR) is 44.4 cm³/mol. The molecule has 1 heteroatoms. The number of rotatable bonds is 3. The van der Waals surface area contributed by atoms with Crippen molar-refractivity contribution in [3.63, 3.8) is 0 Å². The first-order chi connectivity index (χ1) is 4.27. The van der Waals surface area contributed by atoms with Crippen molar-refractivity contribution in [1.82, 2.24) is 0 Å². The third kappa shape index (κ3) is 18.3. The zero-order valence-corrected chi connectivity index (χ0v) is 6.85. The average Bonchev–Trinajstić information content (AvgIpc) is 1.88. The molecule has 0 aliphatic carbocycles. The molecule has 0 spiro atoms. The second-order valence-corrected chi connectivity index (χ2v) is 1.84. The third-order valence-corrected chi connectivity index (χ3v) is 0.826. The van der Waals surface area contributed by atoms with Gasteiger partial charge in [0.25, 0.3) is 0 Å². The van der Waals surface area contributed by atoms with Gasteiger partial charge >= 0.3 is 0 Å². The molecular formula is C8H19N. The van der Waals surface area contributed by atoms with Crippen LogP contribution in [0.25, 0.3) is 0 Å². The highest BCUT2D eigenvalue weighted by Gasteiger charge is 1.87. The summed E-state index contributed by atoms with van der Waals surface area (Å²) in [7, 11) is 0. The van der Waals surface area contributed by atoms with Crippen molar-refractivity contribution < 1.29 is 0 Å². The molecule has 0 heterocycles. The summed E-state index contributed by atoms with van der Waals surface area (Å²) >= 11 is 0. The Morgan fingerprint density at radius 1 is 1.56 bits per heavy atom. The van der Waals surface area contributed by atoms with Crippen LogP contribution in [0.2, 0.25) is 0 Å². The van der Waals surface area contributed by atoms with Crippen molar-refractivity contribution in [2.75, 3.05) is 0 Å². The van der Waals surface area contributed by atoms with E-state index < -0.39 is 0 Å². The Balaban J connectivity index is 0. The van der Waals surface area contributed by atoms with Gasteiger partial charge in [0.05, 0.1) is 0 Å². The smallest absolute Gasteiger partial charge is 0.00134 e. The molecule has 2 N–H and O–H groups in total. The molecule has 0 bridgehead atoms. The Kier molecular flexibility index (Phi) is 13.6. The van der Waals surface area contributed by atoms with Gasteiger partial charge in [-0.25, -0.2) is 0 Å². The van der Waals surface area contributed by atoms with Crippen LogP contribution in [0.4, 0.5) is 0 Å². The molecule has 1 atom stereocenters. The summed E-state index contributed by atoms with van der Waals surface area (Å²) in [6.07, 6.45) is 3.99. The van der Waals surface area contributed by atoms with Crippen molar-refractivity contribution in [1.29, 1.82) is 0 Å². The summed E-state index contributed by atoms with van der Waals surface area (Å²) in [5, 5.41) is 0. The zero-order valence-electron chi connectivity index (χ0n) is 6.85. The summed E-state index contributed by atoms with van der Waals surface area (Å²) in [6, 6.07) is 0.331. The lowest BCUT2D eigenvalue weighted by atomic mass is 10.2. The predicted octanol–water partition coefficient (Wildman–Crippen LogP) is 2.33. The molecule has 56 valence electrons. The van der Waals surface area contributed by atoms with E-state index in [2.05, 4.69) is 6.58 Å². The van der Waals surface area contributed by atoms with Gasteiger partial charge < -0.3 is 5.73 Å². The first-order valence-electron chi connectivity index (χ1n) is 3.64.